The second-order valence-corrected chi connectivity index (χ2v) is 3.50. The van der Waals surface area contributed by atoms with Gasteiger partial charge in [0.1, 0.15) is 12.0 Å². The van der Waals surface area contributed by atoms with Crippen molar-refractivity contribution in [2.45, 2.75) is 12.8 Å². The van der Waals surface area contributed by atoms with Crippen molar-refractivity contribution in [1.82, 2.24) is 10.1 Å². The molecule has 88 valence electrons. The zero-order chi connectivity index (χ0) is 12.1. The Hall–Kier alpha value is -2.17. The third-order valence-corrected chi connectivity index (χ3v) is 2.27. The summed E-state index contributed by atoms with van der Waals surface area (Å²) in [6, 6.07) is 7.63. The molecular formula is C12H12N2O3. The van der Waals surface area contributed by atoms with Crippen LogP contribution in [0.25, 0.3) is 0 Å². The average Bonchev–Trinajstić information content (AvgIpc) is 2.77. The molecule has 0 atom stereocenters. The number of carbonyl (C=O) groups excluding carboxylic acids is 1. The number of rotatable bonds is 5. The van der Waals surface area contributed by atoms with E-state index in [0.717, 1.165) is 17.6 Å². The molecule has 2 rings (SSSR count). The Bertz CT molecular complexity index is 508. The van der Waals surface area contributed by atoms with Gasteiger partial charge >= 0.3 is 0 Å². The third-order valence-electron chi connectivity index (χ3n) is 2.27. The summed E-state index contributed by atoms with van der Waals surface area (Å²) in [6.07, 6.45) is 1.46. The molecule has 0 aliphatic carbocycles. The van der Waals surface area contributed by atoms with E-state index in [9.17, 15) is 4.79 Å². The monoisotopic (exact) mass is 232 g/mol. The molecule has 5 heteroatoms. The maximum absolute atomic E-state index is 10.3. The van der Waals surface area contributed by atoms with Gasteiger partial charge in [-0.15, -0.1) is 0 Å². The number of hydrogen-bond donors (Lipinski definition) is 0. The molecule has 0 fully saturated rings. The maximum Gasteiger partial charge on any atom is 0.231 e. The summed E-state index contributed by atoms with van der Waals surface area (Å²) in [5.41, 5.74) is 1.02. The van der Waals surface area contributed by atoms with Crippen molar-refractivity contribution < 1.29 is 14.1 Å². The van der Waals surface area contributed by atoms with Gasteiger partial charge in [0, 0.05) is 0 Å². The van der Waals surface area contributed by atoms with Crippen LogP contribution in [0.5, 0.6) is 5.75 Å². The van der Waals surface area contributed by atoms with Crippen LogP contribution in [0.15, 0.2) is 28.8 Å². The van der Waals surface area contributed by atoms with Crippen molar-refractivity contribution in [3.05, 3.63) is 41.5 Å². The molecule has 0 saturated heterocycles. The second-order valence-electron chi connectivity index (χ2n) is 3.50. The zero-order valence-corrected chi connectivity index (χ0v) is 9.42. The maximum atomic E-state index is 10.3. The van der Waals surface area contributed by atoms with Gasteiger partial charge in [0.2, 0.25) is 5.89 Å². The molecule has 1 heterocycles. The summed E-state index contributed by atoms with van der Waals surface area (Å²) < 4.78 is 10.2. The highest BCUT2D eigenvalue weighted by Gasteiger charge is 2.07. The van der Waals surface area contributed by atoms with Crippen molar-refractivity contribution in [1.29, 1.82) is 0 Å². The molecule has 0 amide bonds. The Morgan fingerprint density at radius 3 is 3.12 bits per heavy atom. The highest BCUT2D eigenvalue weighted by Crippen LogP contribution is 2.15. The van der Waals surface area contributed by atoms with Gasteiger partial charge in [0.05, 0.1) is 20.0 Å². The van der Waals surface area contributed by atoms with E-state index < -0.39 is 0 Å². The van der Waals surface area contributed by atoms with Gasteiger partial charge in [0.15, 0.2) is 5.82 Å². The highest BCUT2D eigenvalue weighted by atomic mass is 16.5. The van der Waals surface area contributed by atoms with E-state index in [1.165, 1.54) is 0 Å². The van der Waals surface area contributed by atoms with E-state index in [1.807, 2.05) is 24.3 Å². The molecule has 1 aromatic carbocycles. The number of carbonyl (C=O) groups is 1. The van der Waals surface area contributed by atoms with Gasteiger partial charge in [-0.2, -0.15) is 4.98 Å². The molecule has 0 N–H and O–H groups in total. The molecular weight excluding hydrogens is 220 g/mol. The molecule has 1 aromatic heterocycles. The lowest BCUT2D eigenvalue weighted by atomic mass is 10.1. The average molecular weight is 232 g/mol. The Balaban J connectivity index is 2.10. The lowest BCUT2D eigenvalue weighted by Gasteiger charge is -2.01. The van der Waals surface area contributed by atoms with Crippen LogP contribution in [-0.2, 0) is 17.6 Å². The molecule has 0 aliphatic heterocycles. The number of aromatic nitrogens is 2. The fourth-order valence-corrected chi connectivity index (χ4v) is 1.48. The van der Waals surface area contributed by atoms with E-state index in [4.69, 9.17) is 9.26 Å². The van der Waals surface area contributed by atoms with Crippen LogP contribution in [0.3, 0.4) is 0 Å². The first-order chi connectivity index (χ1) is 8.31. The first kappa shape index (κ1) is 11.3. The number of ether oxygens (including phenoxy) is 1. The summed E-state index contributed by atoms with van der Waals surface area (Å²) in [7, 11) is 1.62. The second kappa shape index (κ2) is 5.25. The Labute approximate surface area is 98.4 Å². The zero-order valence-electron chi connectivity index (χ0n) is 9.42. The number of aldehydes is 1. The van der Waals surface area contributed by atoms with E-state index in [0.29, 0.717) is 18.1 Å². The van der Waals surface area contributed by atoms with Crippen molar-refractivity contribution >= 4 is 6.29 Å². The SMILES string of the molecule is COc1cccc(Cc2nc(CC=O)no2)c1. The van der Waals surface area contributed by atoms with E-state index in [-0.39, 0.29) is 6.42 Å². The van der Waals surface area contributed by atoms with Crippen LogP contribution >= 0.6 is 0 Å². The van der Waals surface area contributed by atoms with Gasteiger partial charge in [-0.25, -0.2) is 0 Å². The minimum absolute atomic E-state index is 0.182. The van der Waals surface area contributed by atoms with Crippen LogP contribution in [0, 0.1) is 0 Å². The van der Waals surface area contributed by atoms with Crippen LogP contribution in [0.4, 0.5) is 0 Å². The number of hydrogen-bond acceptors (Lipinski definition) is 5. The normalized spacial score (nSPS) is 10.2. The fraction of sp³-hybridized carbons (Fsp3) is 0.250. The summed E-state index contributed by atoms with van der Waals surface area (Å²) in [5.74, 6) is 1.70. The molecule has 0 spiro atoms. The Kier molecular flexibility index (Phi) is 3.49. The van der Waals surface area contributed by atoms with Gasteiger partial charge in [-0.1, -0.05) is 17.3 Å². The lowest BCUT2D eigenvalue weighted by Crippen LogP contribution is -1.92. The number of benzene rings is 1. The summed E-state index contributed by atoms with van der Waals surface area (Å²) in [5, 5.41) is 3.70. The summed E-state index contributed by atoms with van der Waals surface area (Å²) >= 11 is 0. The summed E-state index contributed by atoms with van der Waals surface area (Å²) in [4.78, 5) is 14.4. The highest BCUT2D eigenvalue weighted by molar-refractivity contribution is 5.52. The standard InChI is InChI=1S/C12H12N2O3/c1-16-10-4-2-3-9(7-10)8-12-13-11(5-6-15)14-17-12/h2-4,6-7H,5,8H2,1H3. The quantitative estimate of drug-likeness (QED) is 0.729. The first-order valence-electron chi connectivity index (χ1n) is 5.20. The van der Waals surface area contributed by atoms with Crippen LogP contribution in [-0.4, -0.2) is 23.5 Å². The Morgan fingerprint density at radius 2 is 2.35 bits per heavy atom. The van der Waals surface area contributed by atoms with Gasteiger partial charge in [-0.05, 0) is 17.7 Å². The van der Waals surface area contributed by atoms with Crippen LogP contribution in [0.2, 0.25) is 0 Å². The van der Waals surface area contributed by atoms with Gasteiger partial charge < -0.3 is 14.1 Å². The largest absolute Gasteiger partial charge is 0.497 e. The molecule has 0 radical (unpaired) electrons. The molecule has 0 saturated carbocycles. The third kappa shape index (κ3) is 2.90. The molecule has 2 aromatic rings. The van der Waals surface area contributed by atoms with Gasteiger partial charge in [0.25, 0.3) is 0 Å². The molecule has 17 heavy (non-hydrogen) atoms. The molecule has 5 nitrogen and oxygen atoms in total. The molecule has 0 aliphatic rings. The molecule has 0 bridgehead atoms. The number of methoxy groups -OCH3 is 1. The van der Waals surface area contributed by atoms with Crippen molar-refractivity contribution in [3.8, 4) is 5.75 Å². The van der Waals surface area contributed by atoms with Crippen LogP contribution < -0.4 is 4.74 Å². The van der Waals surface area contributed by atoms with Crippen molar-refractivity contribution in [2.24, 2.45) is 0 Å². The minimum Gasteiger partial charge on any atom is -0.497 e. The minimum atomic E-state index is 0.182. The predicted molar refractivity (Wildman–Crippen MR) is 59.9 cm³/mol. The smallest absolute Gasteiger partial charge is 0.231 e. The van der Waals surface area contributed by atoms with Crippen molar-refractivity contribution in [2.75, 3.05) is 7.11 Å². The number of nitrogens with zero attached hydrogens (tertiary/aromatic N) is 2. The van der Waals surface area contributed by atoms with Crippen molar-refractivity contribution in [3.63, 3.8) is 0 Å². The van der Waals surface area contributed by atoms with Crippen LogP contribution in [0.1, 0.15) is 17.3 Å². The van der Waals surface area contributed by atoms with E-state index in [2.05, 4.69) is 10.1 Å². The van der Waals surface area contributed by atoms with E-state index >= 15 is 0 Å². The fourth-order valence-electron chi connectivity index (χ4n) is 1.48. The van der Waals surface area contributed by atoms with E-state index in [1.54, 1.807) is 7.11 Å². The lowest BCUT2D eigenvalue weighted by molar-refractivity contribution is -0.107. The molecule has 0 unspecified atom stereocenters. The topological polar surface area (TPSA) is 65.2 Å². The summed E-state index contributed by atoms with van der Waals surface area (Å²) in [6.45, 7) is 0. The first-order valence-corrected chi connectivity index (χ1v) is 5.20. The van der Waals surface area contributed by atoms with Gasteiger partial charge in [-0.3, -0.25) is 0 Å². The Morgan fingerprint density at radius 1 is 1.47 bits per heavy atom. The predicted octanol–water partition coefficient (Wildman–Crippen LogP) is 1.41.